The first kappa shape index (κ1) is 21.6. The Balaban J connectivity index is 1.65. The summed E-state index contributed by atoms with van der Waals surface area (Å²) >= 11 is 0. The molecule has 4 rings (SSSR count). The molecule has 0 saturated carbocycles. The van der Waals surface area contributed by atoms with E-state index in [1.807, 2.05) is 0 Å². The number of aromatic nitrogens is 2. The smallest absolute Gasteiger partial charge is 0.345 e. The van der Waals surface area contributed by atoms with E-state index in [1.54, 1.807) is 12.1 Å². The molecule has 0 aliphatic rings. The van der Waals surface area contributed by atoms with Gasteiger partial charge in [-0.05, 0) is 48.5 Å². The maximum Gasteiger partial charge on any atom is 0.416 e. The summed E-state index contributed by atoms with van der Waals surface area (Å²) in [5, 5.41) is 0.364. The van der Waals surface area contributed by atoms with Gasteiger partial charge in [0.1, 0.15) is 22.5 Å². The lowest BCUT2D eigenvalue weighted by molar-refractivity contribution is -0.137. The van der Waals surface area contributed by atoms with E-state index in [2.05, 4.69) is 14.7 Å². The number of ketones is 1. The van der Waals surface area contributed by atoms with Crippen molar-refractivity contribution >= 4 is 33.5 Å². The number of anilines is 1. The summed E-state index contributed by atoms with van der Waals surface area (Å²) in [6.45, 7) is 0. The monoisotopic (exact) mass is 465 g/mol. The Morgan fingerprint density at radius 3 is 2.44 bits per heavy atom. The number of carbonyl (C=O) groups excluding carboxylic acids is 1. The molecule has 11 heteroatoms. The topological polar surface area (TPSA) is 74.8 Å². The minimum atomic E-state index is -4.57. The number of hydrogen-bond donors (Lipinski definition) is 2. The zero-order chi connectivity index (χ0) is 23.0. The maximum atomic E-state index is 15.0. The van der Waals surface area contributed by atoms with Crippen LogP contribution in [0.25, 0.3) is 11.0 Å². The molecule has 164 valence electrons. The van der Waals surface area contributed by atoms with Crippen LogP contribution in [0.3, 0.4) is 0 Å². The van der Waals surface area contributed by atoms with Gasteiger partial charge < -0.3 is 4.98 Å². The van der Waals surface area contributed by atoms with Crippen LogP contribution in [0.5, 0.6) is 0 Å². The first-order valence-corrected chi connectivity index (χ1v) is 10.1. The number of nitrogens with one attached hydrogen (secondary N) is 2. The van der Waals surface area contributed by atoms with E-state index >= 15 is 4.39 Å². The summed E-state index contributed by atoms with van der Waals surface area (Å²) < 4.78 is 82.2. The van der Waals surface area contributed by atoms with Crippen molar-refractivity contribution in [3.05, 3.63) is 89.2 Å². The molecule has 2 N–H and O–H groups in total. The van der Waals surface area contributed by atoms with Gasteiger partial charge in [-0.15, -0.1) is 0 Å². The molecule has 2 aromatic carbocycles. The third-order valence-corrected chi connectivity index (χ3v) is 5.72. The molecule has 32 heavy (non-hydrogen) atoms. The molecule has 2 aromatic heterocycles. The third kappa shape index (κ3) is 3.98. The van der Waals surface area contributed by atoms with Gasteiger partial charge in [0.25, 0.3) is 0 Å². The minimum Gasteiger partial charge on any atom is -0.345 e. The highest BCUT2D eigenvalue weighted by Gasteiger charge is 2.30. The van der Waals surface area contributed by atoms with E-state index < -0.39 is 51.4 Å². The molecule has 0 fully saturated rings. The molecule has 1 unspecified atom stereocenters. The largest absolute Gasteiger partial charge is 0.416 e. The molecule has 4 aromatic rings. The Labute approximate surface area is 179 Å². The molecule has 0 spiro atoms. The molecule has 0 aliphatic carbocycles. The second-order valence-corrected chi connectivity index (χ2v) is 7.82. The zero-order valence-electron chi connectivity index (χ0n) is 15.8. The van der Waals surface area contributed by atoms with Gasteiger partial charge in [-0.2, -0.15) is 13.2 Å². The first-order valence-electron chi connectivity index (χ1n) is 8.97. The Kier molecular flexibility index (Phi) is 5.51. The highest BCUT2D eigenvalue weighted by Crippen LogP contribution is 2.30. The molecular formula is C21H12F5N3O2S. The number of halogens is 5. The number of fused-ring (bicyclic) bond motifs is 1. The van der Waals surface area contributed by atoms with Gasteiger partial charge >= 0.3 is 6.18 Å². The highest BCUT2D eigenvalue weighted by atomic mass is 32.2. The van der Waals surface area contributed by atoms with E-state index in [0.717, 1.165) is 36.4 Å². The van der Waals surface area contributed by atoms with E-state index in [-0.39, 0.29) is 10.5 Å². The lowest BCUT2D eigenvalue weighted by Gasteiger charge is -2.12. The van der Waals surface area contributed by atoms with Crippen molar-refractivity contribution in [2.75, 3.05) is 4.72 Å². The Morgan fingerprint density at radius 2 is 1.75 bits per heavy atom. The van der Waals surface area contributed by atoms with E-state index in [1.165, 1.54) is 12.4 Å². The van der Waals surface area contributed by atoms with Crippen molar-refractivity contribution in [2.45, 2.75) is 11.1 Å². The average molecular weight is 465 g/mol. The minimum absolute atomic E-state index is 0.00749. The summed E-state index contributed by atoms with van der Waals surface area (Å²) in [6, 6.07) is 8.30. The van der Waals surface area contributed by atoms with Gasteiger partial charge in [-0.25, -0.2) is 18.0 Å². The second kappa shape index (κ2) is 8.15. The van der Waals surface area contributed by atoms with Gasteiger partial charge in [-0.3, -0.25) is 9.52 Å². The average Bonchev–Trinajstić information content (AvgIpc) is 3.19. The molecule has 5 nitrogen and oxygen atoms in total. The van der Waals surface area contributed by atoms with Crippen LogP contribution in [-0.4, -0.2) is 20.0 Å². The van der Waals surface area contributed by atoms with E-state index in [0.29, 0.717) is 11.0 Å². The van der Waals surface area contributed by atoms with Crippen LogP contribution in [0.2, 0.25) is 0 Å². The predicted molar refractivity (Wildman–Crippen MR) is 107 cm³/mol. The predicted octanol–water partition coefficient (Wildman–Crippen LogP) is 5.23. The fraction of sp³-hybridized carbons (Fsp3) is 0.0476. The summed E-state index contributed by atoms with van der Waals surface area (Å²) in [7, 11) is -2.17. The summed E-state index contributed by atoms with van der Waals surface area (Å²) in [6.07, 6.45) is -1.81. The fourth-order valence-corrected chi connectivity index (χ4v) is 3.90. The lowest BCUT2D eigenvalue weighted by Crippen LogP contribution is -2.12. The molecule has 0 bridgehead atoms. The van der Waals surface area contributed by atoms with Crippen molar-refractivity contribution in [2.24, 2.45) is 0 Å². The third-order valence-electron chi connectivity index (χ3n) is 4.61. The van der Waals surface area contributed by atoms with Crippen LogP contribution in [0.15, 0.2) is 65.8 Å². The van der Waals surface area contributed by atoms with Crippen LogP contribution in [0, 0.1) is 11.6 Å². The Morgan fingerprint density at radius 1 is 1.03 bits per heavy atom. The van der Waals surface area contributed by atoms with Gasteiger partial charge in [0.2, 0.25) is 5.78 Å². The van der Waals surface area contributed by atoms with Crippen molar-refractivity contribution in [3.8, 4) is 0 Å². The zero-order valence-corrected chi connectivity index (χ0v) is 16.7. The molecule has 0 saturated heterocycles. The van der Waals surface area contributed by atoms with Crippen LogP contribution in [0.1, 0.15) is 21.5 Å². The van der Waals surface area contributed by atoms with Gasteiger partial charge in [0, 0.05) is 23.3 Å². The quantitative estimate of drug-likeness (QED) is 0.313. The maximum absolute atomic E-state index is 15.0. The first-order chi connectivity index (χ1) is 15.2. The van der Waals surface area contributed by atoms with Crippen molar-refractivity contribution < 1.29 is 31.0 Å². The second-order valence-electron chi connectivity index (χ2n) is 6.61. The Hall–Kier alpha value is -3.60. The molecule has 0 aliphatic heterocycles. The number of rotatable bonds is 5. The van der Waals surface area contributed by atoms with Crippen molar-refractivity contribution in [1.82, 2.24) is 9.97 Å². The van der Waals surface area contributed by atoms with Crippen LogP contribution >= 0.6 is 0 Å². The summed E-state index contributed by atoms with van der Waals surface area (Å²) in [5.41, 5.74) is -1.91. The summed E-state index contributed by atoms with van der Waals surface area (Å²) in [5.74, 6) is -3.37. The van der Waals surface area contributed by atoms with Crippen LogP contribution in [0.4, 0.5) is 27.6 Å². The summed E-state index contributed by atoms with van der Waals surface area (Å²) in [4.78, 5) is 19.5. The standard InChI is InChI=1S/C21H12F5N3O2S/c22-15-7-8-16(29-32(31)12-5-3-11(4-6-12)21(24,25)26)18(23)17(15)19(30)14-10-28-20-13(14)2-1-9-27-20/h1-10,29H,(H,27,28). The number of aromatic amines is 1. The van der Waals surface area contributed by atoms with Crippen molar-refractivity contribution in [1.29, 1.82) is 0 Å². The molecule has 1 atom stereocenters. The Bertz CT molecular complexity index is 1350. The number of pyridine rings is 1. The lowest BCUT2D eigenvalue weighted by atomic mass is 10.0. The fourth-order valence-electron chi connectivity index (χ4n) is 3.04. The molecule has 0 radical (unpaired) electrons. The van der Waals surface area contributed by atoms with Crippen molar-refractivity contribution in [3.63, 3.8) is 0 Å². The van der Waals surface area contributed by atoms with Gasteiger partial charge in [-0.1, -0.05) is 0 Å². The van der Waals surface area contributed by atoms with Crippen LogP contribution in [-0.2, 0) is 17.2 Å². The number of nitrogens with zero attached hydrogens (tertiary/aromatic N) is 1. The van der Waals surface area contributed by atoms with E-state index in [4.69, 9.17) is 0 Å². The molecule has 0 amide bonds. The number of benzene rings is 2. The number of alkyl halides is 3. The highest BCUT2D eigenvalue weighted by molar-refractivity contribution is 7.86. The SMILES string of the molecule is O=C(c1c(F)ccc(NS(=O)c2ccc(C(F)(F)F)cc2)c1F)c1c[nH]c2ncccc12. The van der Waals surface area contributed by atoms with E-state index in [9.17, 15) is 26.6 Å². The number of carbonyl (C=O) groups is 1. The van der Waals surface area contributed by atoms with Gasteiger partial charge in [0.15, 0.2) is 5.82 Å². The van der Waals surface area contributed by atoms with Gasteiger partial charge in [0.05, 0.1) is 21.7 Å². The normalized spacial score (nSPS) is 12.7. The number of H-pyrrole nitrogens is 1. The molecule has 2 heterocycles. The molecular weight excluding hydrogens is 453 g/mol. The van der Waals surface area contributed by atoms with Crippen LogP contribution < -0.4 is 4.72 Å². The number of hydrogen-bond acceptors (Lipinski definition) is 3.